The van der Waals surface area contributed by atoms with E-state index in [0.29, 0.717) is 10.8 Å². The highest BCUT2D eigenvalue weighted by molar-refractivity contribution is 5.87. The second-order valence-corrected chi connectivity index (χ2v) is 3.88. The normalized spacial score (nSPS) is 12.1. The molecule has 0 atom stereocenters. The van der Waals surface area contributed by atoms with Gasteiger partial charge in [0.15, 0.2) is 0 Å². The largest absolute Gasteiger partial charge is 0.281 e. The standard InChI is InChI=1S/C12H19NO2/c1-6-9-10(12(4,5)8-3)13(15)11(14)7-2/h6-7,9,15H,1-2,8H2,3-5H3/b10-9-. The number of carbonyl (C=O) groups is 1. The van der Waals surface area contributed by atoms with E-state index in [1.54, 1.807) is 12.2 Å². The summed E-state index contributed by atoms with van der Waals surface area (Å²) < 4.78 is 0. The van der Waals surface area contributed by atoms with Gasteiger partial charge in [-0.2, -0.15) is 5.06 Å². The fraction of sp³-hybridized carbons (Fsp3) is 0.417. The molecule has 84 valence electrons. The predicted molar refractivity (Wildman–Crippen MR) is 61.2 cm³/mol. The van der Waals surface area contributed by atoms with Gasteiger partial charge in [-0.25, -0.2) is 0 Å². The van der Waals surface area contributed by atoms with Crippen LogP contribution in [0.2, 0.25) is 0 Å². The van der Waals surface area contributed by atoms with E-state index in [1.807, 2.05) is 20.8 Å². The molecule has 3 heteroatoms. The molecule has 0 radical (unpaired) electrons. The molecule has 0 aliphatic heterocycles. The Morgan fingerprint density at radius 1 is 1.47 bits per heavy atom. The maximum atomic E-state index is 11.3. The molecular weight excluding hydrogens is 190 g/mol. The van der Waals surface area contributed by atoms with Gasteiger partial charge in [0.25, 0.3) is 5.91 Å². The molecule has 0 fully saturated rings. The first-order chi connectivity index (χ1) is 6.90. The third kappa shape index (κ3) is 3.36. The van der Waals surface area contributed by atoms with Gasteiger partial charge >= 0.3 is 0 Å². The molecule has 0 saturated heterocycles. The van der Waals surface area contributed by atoms with Crippen molar-refractivity contribution in [3.8, 4) is 0 Å². The molecule has 0 aromatic carbocycles. The summed E-state index contributed by atoms with van der Waals surface area (Å²) in [6, 6.07) is 0. The van der Waals surface area contributed by atoms with Gasteiger partial charge in [-0.15, -0.1) is 0 Å². The van der Waals surface area contributed by atoms with E-state index in [2.05, 4.69) is 13.2 Å². The molecule has 1 N–H and O–H groups in total. The van der Waals surface area contributed by atoms with Crippen LogP contribution in [0, 0.1) is 5.41 Å². The summed E-state index contributed by atoms with van der Waals surface area (Å²) in [7, 11) is 0. The van der Waals surface area contributed by atoms with Crippen molar-refractivity contribution in [1.82, 2.24) is 5.06 Å². The van der Waals surface area contributed by atoms with Crippen LogP contribution in [0.15, 0.2) is 37.1 Å². The summed E-state index contributed by atoms with van der Waals surface area (Å²) in [5, 5.41) is 10.3. The van der Waals surface area contributed by atoms with Crippen molar-refractivity contribution in [2.24, 2.45) is 5.41 Å². The topological polar surface area (TPSA) is 40.5 Å². The van der Waals surface area contributed by atoms with E-state index in [9.17, 15) is 10.0 Å². The van der Waals surface area contributed by atoms with Crippen LogP contribution in [0.5, 0.6) is 0 Å². The smallest absolute Gasteiger partial charge is 0.273 e. The summed E-state index contributed by atoms with van der Waals surface area (Å²) in [6.07, 6.45) is 5.05. The Balaban J connectivity index is 5.16. The summed E-state index contributed by atoms with van der Waals surface area (Å²) in [5.41, 5.74) is 0.228. The van der Waals surface area contributed by atoms with Crippen LogP contribution in [0.25, 0.3) is 0 Å². The molecule has 0 rings (SSSR count). The molecule has 0 aliphatic rings. The second kappa shape index (κ2) is 5.51. The molecular formula is C12H19NO2. The van der Waals surface area contributed by atoms with Gasteiger partial charge in [-0.1, -0.05) is 40.0 Å². The number of amides is 1. The fourth-order valence-corrected chi connectivity index (χ4v) is 1.08. The summed E-state index contributed by atoms with van der Waals surface area (Å²) in [6.45, 7) is 12.8. The first kappa shape index (κ1) is 13.7. The summed E-state index contributed by atoms with van der Waals surface area (Å²) in [4.78, 5) is 11.3. The number of allylic oxidation sites excluding steroid dienone is 3. The molecule has 0 heterocycles. The number of rotatable bonds is 5. The minimum atomic E-state index is -0.537. The van der Waals surface area contributed by atoms with Gasteiger partial charge < -0.3 is 0 Å². The van der Waals surface area contributed by atoms with E-state index in [4.69, 9.17) is 0 Å². The highest BCUT2D eigenvalue weighted by Gasteiger charge is 2.27. The van der Waals surface area contributed by atoms with Crippen LogP contribution in [-0.2, 0) is 4.79 Å². The van der Waals surface area contributed by atoms with Crippen molar-refractivity contribution in [3.63, 3.8) is 0 Å². The fourth-order valence-electron chi connectivity index (χ4n) is 1.08. The molecule has 0 aromatic rings. The maximum absolute atomic E-state index is 11.3. The molecule has 0 spiro atoms. The average molecular weight is 209 g/mol. The van der Waals surface area contributed by atoms with Crippen molar-refractivity contribution < 1.29 is 10.0 Å². The number of hydroxylamine groups is 2. The number of nitrogens with zero attached hydrogens (tertiary/aromatic N) is 1. The Bertz CT molecular complexity index is 290. The molecule has 1 amide bonds. The second-order valence-electron chi connectivity index (χ2n) is 3.88. The van der Waals surface area contributed by atoms with Gasteiger partial charge in [0, 0.05) is 5.41 Å². The lowest BCUT2D eigenvalue weighted by molar-refractivity contribution is -0.154. The molecule has 0 unspecified atom stereocenters. The zero-order chi connectivity index (χ0) is 12.1. The van der Waals surface area contributed by atoms with Crippen molar-refractivity contribution in [1.29, 1.82) is 0 Å². The van der Waals surface area contributed by atoms with E-state index in [-0.39, 0.29) is 5.41 Å². The summed E-state index contributed by atoms with van der Waals surface area (Å²) >= 11 is 0. The number of hydrogen-bond donors (Lipinski definition) is 1. The lowest BCUT2D eigenvalue weighted by atomic mass is 9.85. The van der Waals surface area contributed by atoms with Gasteiger partial charge in [0.2, 0.25) is 0 Å². The SMILES string of the molecule is C=C/C=C(\N(O)C(=O)C=C)C(C)(C)CC. The predicted octanol–water partition coefficient (Wildman–Crippen LogP) is 2.90. The summed E-state index contributed by atoms with van der Waals surface area (Å²) in [5.74, 6) is -0.537. The van der Waals surface area contributed by atoms with Crippen LogP contribution >= 0.6 is 0 Å². The number of carbonyl (C=O) groups excluding carboxylic acids is 1. The molecule has 0 aromatic heterocycles. The lowest BCUT2D eigenvalue weighted by Crippen LogP contribution is -2.32. The Morgan fingerprint density at radius 2 is 2.00 bits per heavy atom. The van der Waals surface area contributed by atoms with E-state index >= 15 is 0 Å². The van der Waals surface area contributed by atoms with E-state index in [1.165, 1.54) is 0 Å². The van der Waals surface area contributed by atoms with E-state index in [0.717, 1.165) is 12.5 Å². The van der Waals surface area contributed by atoms with E-state index < -0.39 is 5.91 Å². The minimum Gasteiger partial charge on any atom is -0.281 e. The third-order valence-electron chi connectivity index (χ3n) is 2.46. The van der Waals surface area contributed by atoms with Crippen LogP contribution in [0.4, 0.5) is 0 Å². The molecule has 0 bridgehead atoms. The van der Waals surface area contributed by atoms with Crippen LogP contribution in [-0.4, -0.2) is 16.2 Å². The van der Waals surface area contributed by atoms with Crippen molar-refractivity contribution >= 4 is 5.91 Å². The Morgan fingerprint density at radius 3 is 2.33 bits per heavy atom. The zero-order valence-electron chi connectivity index (χ0n) is 9.66. The highest BCUT2D eigenvalue weighted by atomic mass is 16.5. The van der Waals surface area contributed by atoms with Crippen LogP contribution in [0.1, 0.15) is 27.2 Å². The van der Waals surface area contributed by atoms with Crippen LogP contribution in [0.3, 0.4) is 0 Å². The zero-order valence-corrected chi connectivity index (χ0v) is 9.66. The monoisotopic (exact) mass is 209 g/mol. The third-order valence-corrected chi connectivity index (χ3v) is 2.46. The average Bonchev–Trinajstić information content (AvgIpc) is 2.23. The lowest BCUT2D eigenvalue weighted by Gasteiger charge is -2.30. The van der Waals surface area contributed by atoms with Gasteiger partial charge in [-0.05, 0) is 18.6 Å². The first-order valence-electron chi connectivity index (χ1n) is 4.89. The van der Waals surface area contributed by atoms with Crippen molar-refractivity contribution in [2.45, 2.75) is 27.2 Å². The highest BCUT2D eigenvalue weighted by Crippen LogP contribution is 2.31. The quantitative estimate of drug-likeness (QED) is 0.327. The Labute approximate surface area is 91.4 Å². The first-order valence-corrected chi connectivity index (χ1v) is 4.89. The van der Waals surface area contributed by atoms with Gasteiger partial charge in [0.1, 0.15) is 0 Å². The van der Waals surface area contributed by atoms with Crippen molar-refractivity contribution in [3.05, 3.63) is 37.1 Å². The maximum Gasteiger partial charge on any atom is 0.273 e. The minimum absolute atomic E-state index is 0.290. The Hall–Kier alpha value is -1.35. The molecule has 0 saturated carbocycles. The van der Waals surface area contributed by atoms with Crippen molar-refractivity contribution in [2.75, 3.05) is 0 Å². The Kier molecular flexibility index (Phi) is 5.02. The number of hydrogen-bond acceptors (Lipinski definition) is 2. The van der Waals surface area contributed by atoms with Crippen LogP contribution < -0.4 is 0 Å². The molecule has 3 nitrogen and oxygen atoms in total. The van der Waals surface area contributed by atoms with Gasteiger partial charge in [-0.3, -0.25) is 10.0 Å². The van der Waals surface area contributed by atoms with Gasteiger partial charge in [0.05, 0.1) is 5.70 Å². The molecule has 0 aliphatic carbocycles. The molecule has 15 heavy (non-hydrogen) atoms.